The average Bonchev–Trinajstić information content (AvgIpc) is 2.57. The number of nitrogens with one attached hydrogen (secondary N) is 1. The lowest BCUT2D eigenvalue weighted by molar-refractivity contribution is -0.123. The number of carbonyl (C=O) groups is 1. The maximum Gasteiger partial charge on any atom is 0.229 e. The van der Waals surface area contributed by atoms with E-state index in [1.165, 1.54) is 0 Å². The van der Waals surface area contributed by atoms with E-state index in [0.717, 1.165) is 30.6 Å². The summed E-state index contributed by atoms with van der Waals surface area (Å²) in [5.41, 5.74) is 1.50. The number of anilines is 1. The second-order valence-electron chi connectivity index (χ2n) is 8.21. The molecule has 6 nitrogen and oxygen atoms in total. The Morgan fingerprint density at radius 1 is 1.27 bits per heavy atom. The van der Waals surface area contributed by atoms with Gasteiger partial charge in [-0.2, -0.15) is 0 Å². The summed E-state index contributed by atoms with van der Waals surface area (Å²) in [5, 5.41) is 32.0. The van der Waals surface area contributed by atoms with Crippen molar-refractivity contribution in [1.29, 1.82) is 0 Å². The van der Waals surface area contributed by atoms with E-state index >= 15 is 0 Å². The number of amides is 1. The van der Waals surface area contributed by atoms with Crippen LogP contribution in [0.2, 0.25) is 0 Å². The molecule has 146 valence electrons. The van der Waals surface area contributed by atoms with E-state index < -0.39 is 17.6 Å². The highest BCUT2D eigenvalue weighted by molar-refractivity contribution is 5.94. The number of piperidine rings is 1. The Morgan fingerprint density at radius 3 is 2.65 bits per heavy atom. The Hall–Kier alpha value is -1.47. The Balaban J connectivity index is 1.87. The average molecular weight is 364 g/mol. The predicted octanol–water partition coefficient (Wildman–Crippen LogP) is 1.39. The molecular weight excluding hydrogens is 332 g/mol. The van der Waals surface area contributed by atoms with Crippen LogP contribution >= 0.6 is 0 Å². The van der Waals surface area contributed by atoms with Gasteiger partial charge in [0, 0.05) is 23.7 Å². The maximum atomic E-state index is 12.1. The molecule has 0 radical (unpaired) electrons. The highest BCUT2D eigenvalue weighted by atomic mass is 16.3. The number of benzene rings is 1. The van der Waals surface area contributed by atoms with Gasteiger partial charge in [0.15, 0.2) is 0 Å². The van der Waals surface area contributed by atoms with Crippen LogP contribution in [-0.2, 0) is 11.2 Å². The fourth-order valence-corrected chi connectivity index (χ4v) is 3.17. The SMILES string of the molecule is CC(C)(C)C(=O)Nc1cccc(CCCN2C[C@H](O)[C@@H](O)C[C@H]2CO)c1. The van der Waals surface area contributed by atoms with Crippen molar-refractivity contribution in [2.24, 2.45) is 5.41 Å². The van der Waals surface area contributed by atoms with Crippen LogP contribution in [0.3, 0.4) is 0 Å². The molecule has 4 N–H and O–H groups in total. The van der Waals surface area contributed by atoms with Gasteiger partial charge in [-0.1, -0.05) is 32.9 Å². The van der Waals surface area contributed by atoms with Gasteiger partial charge in [-0.25, -0.2) is 0 Å². The molecule has 0 aliphatic carbocycles. The third kappa shape index (κ3) is 5.77. The standard InChI is InChI=1S/C20H32N2O4/c1-20(2,3)19(26)21-15-8-4-6-14(10-15)7-5-9-22-12-18(25)17(24)11-16(22)13-23/h4,6,8,10,16-18,23-25H,5,7,9,11-13H2,1-3H3,(H,21,26)/t16-,17-,18-/m0/s1. The van der Waals surface area contributed by atoms with Crippen molar-refractivity contribution < 1.29 is 20.1 Å². The Labute approximate surface area is 155 Å². The Kier molecular flexibility index (Phi) is 7.17. The highest BCUT2D eigenvalue weighted by Crippen LogP contribution is 2.20. The second kappa shape index (κ2) is 8.95. The third-order valence-corrected chi connectivity index (χ3v) is 4.88. The van der Waals surface area contributed by atoms with Crippen LogP contribution in [0.4, 0.5) is 5.69 Å². The molecule has 1 aromatic rings. The summed E-state index contributed by atoms with van der Waals surface area (Å²) >= 11 is 0. The van der Waals surface area contributed by atoms with Crippen molar-refractivity contribution in [2.75, 3.05) is 25.0 Å². The molecular formula is C20H32N2O4. The van der Waals surface area contributed by atoms with Crippen molar-refractivity contribution in [3.63, 3.8) is 0 Å². The number of aryl methyl sites for hydroxylation is 1. The number of carbonyl (C=O) groups excluding carboxylic acids is 1. The van der Waals surface area contributed by atoms with Gasteiger partial charge in [0.2, 0.25) is 5.91 Å². The lowest BCUT2D eigenvalue weighted by atomic mass is 9.95. The van der Waals surface area contributed by atoms with Crippen LogP contribution in [-0.4, -0.2) is 64.1 Å². The molecule has 1 aliphatic rings. The van der Waals surface area contributed by atoms with E-state index in [-0.39, 0.29) is 18.6 Å². The number of hydrogen-bond donors (Lipinski definition) is 4. The number of nitrogens with zero attached hydrogens (tertiary/aromatic N) is 1. The van der Waals surface area contributed by atoms with Crippen molar-refractivity contribution >= 4 is 11.6 Å². The van der Waals surface area contributed by atoms with Crippen LogP contribution in [0.15, 0.2) is 24.3 Å². The number of hydrogen-bond acceptors (Lipinski definition) is 5. The first-order chi connectivity index (χ1) is 12.2. The molecule has 2 rings (SSSR count). The zero-order chi connectivity index (χ0) is 19.3. The zero-order valence-corrected chi connectivity index (χ0v) is 16.0. The molecule has 6 heteroatoms. The lowest BCUT2D eigenvalue weighted by Crippen LogP contribution is -2.53. The van der Waals surface area contributed by atoms with Gasteiger partial charge in [0.1, 0.15) is 0 Å². The van der Waals surface area contributed by atoms with Gasteiger partial charge >= 0.3 is 0 Å². The summed E-state index contributed by atoms with van der Waals surface area (Å²) in [7, 11) is 0. The van der Waals surface area contributed by atoms with Crippen LogP contribution in [0, 0.1) is 5.41 Å². The molecule has 0 aromatic heterocycles. The number of aliphatic hydroxyl groups excluding tert-OH is 3. The molecule has 1 aliphatic heterocycles. The van der Waals surface area contributed by atoms with E-state index in [1.54, 1.807) is 0 Å². The number of β-amino-alcohol motifs (C(OH)–C–C–N with tert-alkyl or cyclic N) is 1. The predicted molar refractivity (Wildman–Crippen MR) is 102 cm³/mol. The first kappa shape index (κ1) is 20.8. The van der Waals surface area contributed by atoms with Crippen LogP contribution in [0.1, 0.15) is 39.2 Å². The van der Waals surface area contributed by atoms with Crippen LogP contribution in [0.25, 0.3) is 0 Å². The van der Waals surface area contributed by atoms with E-state index in [9.17, 15) is 20.1 Å². The van der Waals surface area contributed by atoms with E-state index in [1.807, 2.05) is 49.9 Å². The van der Waals surface area contributed by atoms with Gasteiger partial charge < -0.3 is 20.6 Å². The number of rotatable bonds is 6. The first-order valence-corrected chi connectivity index (χ1v) is 9.32. The number of aliphatic hydroxyl groups is 3. The maximum absolute atomic E-state index is 12.1. The first-order valence-electron chi connectivity index (χ1n) is 9.32. The molecule has 1 aromatic carbocycles. The Morgan fingerprint density at radius 2 is 2.00 bits per heavy atom. The molecule has 26 heavy (non-hydrogen) atoms. The van der Waals surface area contributed by atoms with Crippen molar-refractivity contribution in [3.05, 3.63) is 29.8 Å². The summed E-state index contributed by atoms with van der Waals surface area (Å²) in [5.74, 6) is -0.0127. The molecule has 0 spiro atoms. The molecule has 0 unspecified atom stereocenters. The molecule has 1 amide bonds. The Bertz CT molecular complexity index is 600. The van der Waals surface area contributed by atoms with E-state index in [2.05, 4.69) is 5.32 Å². The monoisotopic (exact) mass is 364 g/mol. The fraction of sp³-hybridized carbons (Fsp3) is 0.650. The topological polar surface area (TPSA) is 93.0 Å². The van der Waals surface area contributed by atoms with Gasteiger partial charge in [-0.05, 0) is 43.5 Å². The molecule has 1 heterocycles. The minimum absolute atomic E-state index is 0.0127. The highest BCUT2D eigenvalue weighted by Gasteiger charge is 2.32. The van der Waals surface area contributed by atoms with Crippen molar-refractivity contribution in [2.45, 2.75) is 58.3 Å². The van der Waals surface area contributed by atoms with E-state index in [4.69, 9.17) is 0 Å². The molecule has 3 atom stereocenters. The minimum Gasteiger partial charge on any atom is -0.395 e. The van der Waals surface area contributed by atoms with Crippen molar-refractivity contribution in [1.82, 2.24) is 4.90 Å². The quantitative estimate of drug-likeness (QED) is 0.612. The third-order valence-electron chi connectivity index (χ3n) is 4.88. The summed E-state index contributed by atoms with van der Waals surface area (Å²) in [6.07, 6.45) is 0.592. The summed E-state index contributed by atoms with van der Waals surface area (Å²) in [6.45, 7) is 6.76. The van der Waals surface area contributed by atoms with Gasteiger partial charge in [-0.15, -0.1) is 0 Å². The van der Waals surface area contributed by atoms with Gasteiger partial charge in [-0.3, -0.25) is 9.69 Å². The fourth-order valence-electron chi connectivity index (χ4n) is 3.17. The van der Waals surface area contributed by atoms with Crippen LogP contribution < -0.4 is 5.32 Å². The van der Waals surface area contributed by atoms with Crippen molar-refractivity contribution in [3.8, 4) is 0 Å². The summed E-state index contributed by atoms with van der Waals surface area (Å²) < 4.78 is 0. The summed E-state index contributed by atoms with van der Waals surface area (Å²) in [6, 6.07) is 7.74. The smallest absolute Gasteiger partial charge is 0.229 e. The molecule has 1 saturated heterocycles. The molecule has 1 fully saturated rings. The summed E-state index contributed by atoms with van der Waals surface area (Å²) in [4.78, 5) is 14.2. The number of likely N-dealkylation sites (tertiary alicyclic amines) is 1. The van der Waals surface area contributed by atoms with Crippen LogP contribution in [0.5, 0.6) is 0 Å². The van der Waals surface area contributed by atoms with Gasteiger partial charge in [0.25, 0.3) is 0 Å². The largest absolute Gasteiger partial charge is 0.395 e. The molecule has 0 saturated carbocycles. The molecule has 0 bridgehead atoms. The van der Waals surface area contributed by atoms with Gasteiger partial charge in [0.05, 0.1) is 18.8 Å². The zero-order valence-electron chi connectivity index (χ0n) is 16.0. The lowest BCUT2D eigenvalue weighted by Gasteiger charge is -2.39. The second-order valence-corrected chi connectivity index (χ2v) is 8.21. The normalized spacial score (nSPS) is 24.5. The van der Waals surface area contributed by atoms with E-state index in [0.29, 0.717) is 13.0 Å². The minimum atomic E-state index is -0.758.